The van der Waals surface area contributed by atoms with Crippen LogP contribution in [0.4, 0.5) is 17.6 Å². The van der Waals surface area contributed by atoms with Gasteiger partial charge in [-0.15, -0.1) is 0 Å². The topological polar surface area (TPSA) is 95.9 Å². The van der Waals surface area contributed by atoms with Crippen LogP contribution in [0.15, 0.2) is 12.1 Å². The number of hydrogen-bond acceptors (Lipinski definition) is 4. The Morgan fingerprint density at radius 1 is 1.23 bits per heavy atom. The summed E-state index contributed by atoms with van der Waals surface area (Å²) in [5.74, 6) is -3.10. The largest absolute Gasteiger partial charge is 0.493 e. The number of carbonyl (C=O) groups is 2. The Hall–Kier alpha value is -2.07. The number of carboxylic acid groups (broad SMARTS) is 2. The highest BCUT2D eigenvalue weighted by Crippen LogP contribution is 2.36. The second kappa shape index (κ2) is 9.82. The van der Waals surface area contributed by atoms with Crippen molar-refractivity contribution >= 4 is 23.5 Å². The van der Waals surface area contributed by atoms with Crippen molar-refractivity contribution in [2.75, 3.05) is 13.2 Å². The molecular weight excluding hydrogens is 434 g/mol. The molecule has 3 N–H and O–H groups in total. The lowest BCUT2D eigenvalue weighted by atomic mass is 9.80. The number of hydrogen-bond donors (Lipinski definition) is 3. The van der Waals surface area contributed by atoms with Gasteiger partial charge in [-0.05, 0) is 43.4 Å². The van der Waals surface area contributed by atoms with Crippen LogP contribution in [0.5, 0.6) is 5.75 Å². The zero-order chi connectivity index (χ0) is 22.5. The molecule has 0 unspecified atom stereocenters. The van der Waals surface area contributed by atoms with Crippen LogP contribution in [0, 0.1) is 5.92 Å². The van der Waals surface area contributed by atoms with Crippen LogP contribution >= 0.6 is 11.6 Å². The van der Waals surface area contributed by atoms with Crippen LogP contribution in [0.2, 0.25) is 5.02 Å². The number of nitrogens with one attached hydrogen (secondary N) is 1. The molecule has 168 valence electrons. The molecule has 0 spiro atoms. The Bertz CT molecular complexity index is 779. The first-order chi connectivity index (χ1) is 13.9. The monoisotopic (exact) mass is 455 g/mol. The molecule has 1 heterocycles. The second-order valence-corrected chi connectivity index (χ2v) is 7.76. The van der Waals surface area contributed by atoms with Gasteiger partial charge in [0.25, 0.3) is 0 Å². The van der Waals surface area contributed by atoms with E-state index >= 15 is 0 Å². The van der Waals surface area contributed by atoms with E-state index in [0.29, 0.717) is 43.9 Å². The molecule has 1 aliphatic heterocycles. The van der Waals surface area contributed by atoms with Crippen LogP contribution in [-0.2, 0) is 22.6 Å². The third-order valence-electron chi connectivity index (χ3n) is 5.06. The summed E-state index contributed by atoms with van der Waals surface area (Å²) in [4.78, 5) is 19.8. The quantitative estimate of drug-likeness (QED) is 0.581. The molecule has 0 bridgehead atoms. The molecule has 6 nitrogen and oxygen atoms in total. The van der Waals surface area contributed by atoms with Crippen molar-refractivity contribution in [1.29, 1.82) is 0 Å². The van der Waals surface area contributed by atoms with Crippen molar-refractivity contribution in [3.05, 3.63) is 28.3 Å². The summed E-state index contributed by atoms with van der Waals surface area (Å²) in [6, 6.07) is 3.77. The summed E-state index contributed by atoms with van der Waals surface area (Å²) < 4.78 is 52.1. The van der Waals surface area contributed by atoms with E-state index in [4.69, 9.17) is 31.3 Å². The van der Waals surface area contributed by atoms with E-state index < -0.39 is 29.7 Å². The van der Waals surface area contributed by atoms with E-state index in [1.807, 2.05) is 12.1 Å². The molecule has 1 fully saturated rings. The van der Waals surface area contributed by atoms with E-state index in [0.717, 1.165) is 23.3 Å². The number of carboxylic acids is 2. The number of aliphatic carboxylic acids is 2. The molecule has 0 aromatic heterocycles. The Balaban J connectivity index is 0.000000396. The molecule has 1 aliphatic carbocycles. The van der Waals surface area contributed by atoms with Gasteiger partial charge in [0.05, 0.1) is 12.5 Å². The van der Waals surface area contributed by atoms with Crippen molar-refractivity contribution in [2.24, 2.45) is 5.92 Å². The third kappa shape index (κ3) is 6.73. The Labute approximate surface area is 175 Å². The second-order valence-electron chi connectivity index (χ2n) is 7.32. The molecular formula is C19H22ClF4NO5. The lowest BCUT2D eigenvalue weighted by Gasteiger charge is -2.32. The van der Waals surface area contributed by atoms with Gasteiger partial charge < -0.3 is 20.3 Å². The van der Waals surface area contributed by atoms with Gasteiger partial charge in [0.1, 0.15) is 11.4 Å². The highest BCUT2D eigenvalue weighted by Gasteiger charge is 2.38. The Kier molecular flexibility index (Phi) is 7.93. The summed E-state index contributed by atoms with van der Waals surface area (Å²) in [7, 11) is 0. The predicted molar refractivity (Wildman–Crippen MR) is 99.5 cm³/mol. The smallest absolute Gasteiger partial charge is 0.490 e. The normalized spacial score (nSPS) is 23.0. The average molecular weight is 456 g/mol. The summed E-state index contributed by atoms with van der Waals surface area (Å²) >= 11 is 6.12. The average Bonchev–Trinajstić information content (AvgIpc) is 3.10. The lowest BCUT2D eigenvalue weighted by molar-refractivity contribution is -0.192. The number of benzene rings is 1. The van der Waals surface area contributed by atoms with E-state index in [2.05, 4.69) is 5.32 Å². The third-order valence-corrected chi connectivity index (χ3v) is 5.27. The summed E-state index contributed by atoms with van der Waals surface area (Å²) in [5, 5.41) is 19.9. The molecule has 11 heteroatoms. The zero-order valence-corrected chi connectivity index (χ0v) is 16.7. The maximum Gasteiger partial charge on any atom is 0.490 e. The van der Waals surface area contributed by atoms with Crippen molar-refractivity contribution in [1.82, 2.24) is 5.32 Å². The lowest BCUT2D eigenvalue weighted by Crippen LogP contribution is -2.40. The number of alkyl halides is 4. The number of rotatable bonds is 5. The first-order valence-electron chi connectivity index (χ1n) is 9.28. The van der Waals surface area contributed by atoms with Gasteiger partial charge >= 0.3 is 18.1 Å². The van der Waals surface area contributed by atoms with Crippen LogP contribution < -0.4 is 10.1 Å². The molecule has 0 saturated heterocycles. The fourth-order valence-electron chi connectivity index (χ4n) is 3.46. The molecule has 1 aromatic carbocycles. The summed E-state index contributed by atoms with van der Waals surface area (Å²) in [5.41, 5.74) is 0.730. The fraction of sp³-hybridized carbons (Fsp3) is 0.579. The van der Waals surface area contributed by atoms with E-state index in [-0.39, 0.29) is 6.54 Å². The maximum absolute atomic E-state index is 14.8. The summed E-state index contributed by atoms with van der Waals surface area (Å²) in [6.07, 6.45) is -2.83. The highest BCUT2D eigenvalue weighted by atomic mass is 35.5. The Morgan fingerprint density at radius 2 is 1.83 bits per heavy atom. The van der Waals surface area contributed by atoms with Crippen LogP contribution in [0.1, 0.15) is 36.8 Å². The van der Waals surface area contributed by atoms with E-state index in [1.54, 1.807) is 0 Å². The fourth-order valence-corrected chi connectivity index (χ4v) is 3.72. The van der Waals surface area contributed by atoms with Gasteiger partial charge in [0.15, 0.2) is 0 Å². The van der Waals surface area contributed by atoms with E-state index in [9.17, 15) is 22.4 Å². The minimum Gasteiger partial charge on any atom is -0.493 e. The van der Waals surface area contributed by atoms with Crippen LogP contribution in [0.3, 0.4) is 0 Å². The van der Waals surface area contributed by atoms with E-state index in [1.165, 1.54) is 0 Å². The van der Waals surface area contributed by atoms with Crippen LogP contribution in [0.25, 0.3) is 0 Å². The molecule has 30 heavy (non-hydrogen) atoms. The Morgan fingerprint density at radius 3 is 2.37 bits per heavy atom. The van der Waals surface area contributed by atoms with Crippen molar-refractivity contribution in [2.45, 2.75) is 50.5 Å². The number of fused-ring (bicyclic) bond motifs is 1. The number of ether oxygens (including phenoxy) is 1. The van der Waals surface area contributed by atoms with Crippen molar-refractivity contribution < 1.29 is 42.1 Å². The zero-order valence-electron chi connectivity index (χ0n) is 15.9. The van der Waals surface area contributed by atoms with Gasteiger partial charge in [0.2, 0.25) is 0 Å². The molecule has 1 saturated carbocycles. The minimum absolute atomic E-state index is 0.223. The number of halogens is 5. The van der Waals surface area contributed by atoms with Gasteiger partial charge in [-0.3, -0.25) is 4.79 Å². The molecule has 0 radical (unpaired) electrons. The molecule has 0 amide bonds. The molecule has 0 atom stereocenters. The molecule has 1 aromatic rings. The highest BCUT2D eigenvalue weighted by molar-refractivity contribution is 6.30. The summed E-state index contributed by atoms with van der Waals surface area (Å²) in [6.45, 7) is 1.38. The van der Waals surface area contributed by atoms with Gasteiger partial charge in [-0.2, -0.15) is 13.2 Å². The first-order valence-corrected chi connectivity index (χ1v) is 9.66. The standard InChI is InChI=1S/C17H21ClFNO3.C2HF3O2/c18-14-7-12-3-6-23-15(12)13(8-14)9-20-10-17(19)4-1-11(2-5-17)16(21)22;3-2(4,5)1(6)7/h7-8,11,20H,1-6,9-10H2,(H,21,22);(H,6,7). The first kappa shape index (κ1) is 24.2. The molecule has 3 rings (SSSR count). The minimum atomic E-state index is -5.08. The maximum atomic E-state index is 14.8. The predicted octanol–water partition coefficient (Wildman–Crippen LogP) is 3.98. The molecule has 2 aliphatic rings. The van der Waals surface area contributed by atoms with Crippen LogP contribution in [-0.4, -0.2) is 47.1 Å². The SMILES string of the molecule is O=C(O)C(F)(F)F.O=C(O)C1CCC(F)(CNCc2cc(Cl)cc3c2OCC3)CC1. The van der Waals surface area contributed by atoms with Gasteiger partial charge in [0, 0.05) is 30.1 Å². The van der Waals surface area contributed by atoms with Crippen molar-refractivity contribution in [3.8, 4) is 5.75 Å². The van der Waals surface area contributed by atoms with Gasteiger partial charge in [-0.25, -0.2) is 9.18 Å². The van der Waals surface area contributed by atoms with Gasteiger partial charge in [-0.1, -0.05) is 11.6 Å². The van der Waals surface area contributed by atoms with Crippen molar-refractivity contribution in [3.63, 3.8) is 0 Å².